The lowest BCUT2D eigenvalue weighted by Crippen LogP contribution is -2.54. The van der Waals surface area contributed by atoms with Gasteiger partial charge in [0, 0.05) is 22.1 Å². The number of hydrogen-bond acceptors (Lipinski definition) is 2. The predicted molar refractivity (Wildman–Crippen MR) is 143 cm³/mol. The molecule has 0 aromatic heterocycles. The van der Waals surface area contributed by atoms with Crippen LogP contribution in [0.25, 0.3) is 11.3 Å². The van der Waals surface area contributed by atoms with Crippen LogP contribution in [0.2, 0.25) is 0 Å². The van der Waals surface area contributed by atoms with E-state index in [0.29, 0.717) is 0 Å². The lowest BCUT2D eigenvalue weighted by Gasteiger charge is -2.50. The molecule has 1 heterocycles. The van der Waals surface area contributed by atoms with Crippen LogP contribution in [0.3, 0.4) is 0 Å². The Bertz CT molecular complexity index is 1560. The second kappa shape index (κ2) is 7.07. The Morgan fingerprint density at radius 2 is 1.31 bits per heavy atom. The summed E-state index contributed by atoms with van der Waals surface area (Å²) in [7, 11) is 0. The zero-order valence-electron chi connectivity index (χ0n) is 20.8. The van der Waals surface area contributed by atoms with Crippen molar-refractivity contribution in [2.75, 3.05) is 0 Å². The Hall–Kier alpha value is -3.91. The molecular formula is C34H28O2. The first-order chi connectivity index (χ1) is 17.4. The zero-order valence-corrected chi connectivity index (χ0v) is 20.8. The van der Waals surface area contributed by atoms with Crippen molar-refractivity contribution in [3.8, 4) is 0 Å². The third kappa shape index (κ3) is 2.26. The van der Waals surface area contributed by atoms with E-state index < -0.39 is 16.9 Å². The quantitative estimate of drug-likeness (QED) is 0.286. The van der Waals surface area contributed by atoms with E-state index in [1.165, 1.54) is 11.1 Å². The molecule has 3 aliphatic rings. The van der Waals surface area contributed by atoms with Crippen LogP contribution in [0.15, 0.2) is 109 Å². The highest BCUT2D eigenvalue weighted by Gasteiger charge is 2.79. The number of ketones is 1. The lowest BCUT2D eigenvalue weighted by molar-refractivity contribution is 0.0246. The maximum absolute atomic E-state index is 15.2. The molecule has 4 aromatic carbocycles. The van der Waals surface area contributed by atoms with E-state index in [9.17, 15) is 0 Å². The molecule has 0 N–H and O–H groups in total. The molecule has 0 spiro atoms. The number of carbonyl (C=O) groups is 1. The van der Waals surface area contributed by atoms with Crippen molar-refractivity contribution in [1.29, 1.82) is 0 Å². The molecule has 2 heteroatoms. The van der Waals surface area contributed by atoms with E-state index >= 15 is 4.79 Å². The number of fused-ring (bicyclic) bond motifs is 6. The molecule has 2 aliphatic carbocycles. The van der Waals surface area contributed by atoms with Crippen LogP contribution in [0, 0.1) is 10.8 Å². The maximum atomic E-state index is 15.2. The number of hydrogen-bond donors (Lipinski definition) is 0. The fraction of sp³-hybridized carbons (Fsp3) is 0.206. The summed E-state index contributed by atoms with van der Waals surface area (Å²) in [5, 5.41) is 0. The molecule has 36 heavy (non-hydrogen) atoms. The van der Waals surface area contributed by atoms with Crippen LogP contribution in [0.4, 0.5) is 0 Å². The van der Waals surface area contributed by atoms with E-state index in [0.717, 1.165) is 33.6 Å². The highest BCUT2D eigenvalue weighted by Crippen LogP contribution is 2.81. The highest BCUT2D eigenvalue weighted by molar-refractivity contribution is 6.19. The zero-order chi connectivity index (χ0) is 24.7. The number of Topliss-reactive ketones (excluding diaryl/α,β-unsaturated/α-hetero) is 1. The van der Waals surface area contributed by atoms with Crippen molar-refractivity contribution in [2.45, 2.75) is 32.3 Å². The number of carbonyl (C=O) groups excluding carboxylic acids is 1. The van der Waals surface area contributed by atoms with Crippen LogP contribution in [0.1, 0.15) is 65.1 Å². The Balaban J connectivity index is 1.71. The summed E-state index contributed by atoms with van der Waals surface area (Å²) < 4.78 is 7.01. The van der Waals surface area contributed by atoms with Gasteiger partial charge in [-0.3, -0.25) is 4.79 Å². The summed E-state index contributed by atoms with van der Waals surface area (Å²) in [6.45, 7) is 6.85. The van der Waals surface area contributed by atoms with Crippen molar-refractivity contribution in [1.82, 2.24) is 0 Å². The van der Waals surface area contributed by atoms with Crippen molar-refractivity contribution in [3.63, 3.8) is 0 Å². The number of benzene rings is 4. The van der Waals surface area contributed by atoms with Gasteiger partial charge in [0.15, 0.2) is 5.78 Å². The summed E-state index contributed by atoms with van der Waals surface area (Å²) in [5.74, 6) is 0.967. The van der Waals surface area contributed by atoms with Crippen LogP contribution in [0.5, 0.6) is 0 Å². The molecular weight excluding hydrogens is 440 g/mol. The van der Waals surface area contributed by atoms with E-state index in [2.05, 4.69) is 81.4 Å². The summed E-state index contributed by atoms with van der Waals surface area (Å²) in [6, 6.07) is 37.3. The number of ether oxygens (including phenoxy) is 1. The van der Waals surface area contributed by atoms with Gasteiger partial charge in [-0.1, -0.05) is 130 Å². The summed E-state index contributed by atoms with van der Waals surface area (Å²) in [6.07, 6.45) is -0.404. The minimum absolute atomic E-state index is 0.136. The molecule has 0 saturated heterocycles. The normalized spacial score (nSPS) is 25.2. The standard InChI is InChI=1S/C34H28O2/c1-32(2,3)34-26-20-12-10-18-24(26)28-29(22-14-6-4-7-15-22)36-31(25-19-11-13-21-27(25)34)33(28,34)30(35)23-16-8-5-9-17-23/h4-21,31H,1-3H3. The van der Waals surface area contributed by atoms with Gasteiger partial charge in [0.05, 0.1) is 0 Å². The lowest BCUT2D eigenvalue weighted by atomic mass is 9.49. The van der Waals surface area contributed by atoms with Gasteiger partial charge < -0.3 is 4.74 Å². The van der Waals surface area contributed by atoms with Crippen LogP contribution >= 0.6 is 0 Å². The Morgan fingerprint density at radius 3 is 2.00 bits per heavy atom. The second-order valence-corrected chi connectivity index (χ2v) is 11.2. The molecule has 7 rings (SSSR count). The van der Waals surface area contributed by atoms with Crippen LogP contribution in [-0.2, 0) is 10.2 Å². The van der Waals surface area contributed by atoms with Crippen molar-refractivity contribution in [3.05, 3.63) is 143 Å². The molecule has 0 bridgehead atoms. The minimum Gasteiger partial charge on any atom is -0.483 e. The second-order valence-electron chi connectivity index (χ2n) is 11.2. The first-order valence-electron chi connectivity index (χ1n) is 12.7. The average molecular weight is 469 g/mol. The monoisotopic (exact) mass is 468 g/mol. The van der Waals surface area contributed by atoms with Gasteiger partial charge in [-0.2, -0.15) is 0 Å². The third-order valence-corrected chi connectivity index (χ3v) is 8.64. The van der Waals surface area contributed by atoms with Gasteiger partial charge in [0.1, 0.15) is 17.3 Å². The van der Waals surface area contributed by atoms with Gasteiger partial charge in [-0.05, 0) is 27.7 Å². The van der Waals surface area contributed by atoms with E-state index in [1.807, 2.05) is 48.5 Å². The van der Waals surface area contributed by atoms with Crippen molar-refractivity contribution < 1.29 is 9.53 Å². The molecule has 0 amide bonds. The molecule has 0 fully saturated rings. The van der Waals surface area contributed by atoms with Gasteiger partial charge in [0.25, 0.3) is 0 Å². The largest absolute Gasteiger partial charge is 0.483 e. The maximum Gasteiger partial charge on any atom is 0.178 e. The Kier molecular flexibility index (Phi) is 4.20. The SMILES string of the molecule is CC(C)(C)C12c3ccccc3C3=C(c4ccccc4)OC(c4ccccc41)C32C(=O)c1ccccc1. The first kappa shape index (κ1) is 21.4. The van der Waals surface area contributed by atoms with Crippen LogP contribution in [-0.4, -0.2) is 5.78 Å². The number of rotatable bonds is 3. The van der Waals surface area contributed by atoms with Gasteiger partial charge >= 0.3 is 0 Å². The molecule has 2 nitrogen and oxygen atoms in total. The minimum atomic E-state index is -0.912. The Morgan fingerprint density at radius 1 is 0.722 bits per heavy atom. The van der Waals surface area contributed by atoms with E-state index in [4.69, 9.17) is 4.74 Å². The van der Waals surface area contributed by atoms with E-state index in [1.54, 1.807) is 0 Å². The summed E-state index contributed by atoms with van der Waals surface area (Å²) in [4.78, 5) is 15.2. The fourth-order valence-electron chi connectivity index (χ4n) is 7.68. The molecule has 0 radical (unpaired) electrons. The van der Waals surface area contributed by atoms with E-state index in [-0.39, 0.29) is 11.2 Å². The summed E-state index contributed by atoms with van der Waals surface area (Å²) in [5.41, 5.74) is 5.69. The molecule has 1 aliphatic heterocycles. The molecule has 176 valence electrons. The summed E-state index contributed by atoms with van der Waals surface area (Å²) >= 11 is 0. The fourth-order valence-corrected chi connectivity index (χ4v) is 7.68. The molecule has 0 saturated carbocycles. The third-order valence-electron chi connectivity index (χ3n) is 8.64. The van der Waals surface area contributed by atoms with Crippen LogP contribution < -0.4 is 0 Å². The van der Waals surface area contributed by atoms with Gasteiger partial charge in [0.2, 0.25) is 0 Å². The molecule has 3 unspecified atom stereocenters. The van der Waals surface area contributed by atoms with Crippen molar-refractivity contribution in [2.24, 2.45) is 10.8 Å². The smallest absolute Gasteiger partial charge is 0.178 e. The van der Waals surface area contributed by atoms with Gasteiger partial charge in [-0.25, -0.2) is 0 Å². The molecule has 4 aromatic rings. The topological polar surface area (TPSA) is 26.3 Å². The van der Waals surface area contributed by atoms with Crippen molar-refractivity contribution >= 4 is 17.1 Å². The average Bonchev–Trinajstić information content (AvgIpc) is 3.49. The first-order valence-corrected chi connectivity index (χ1v) is 12.7. The predicted octanol–water partition coefficient (Wildman–Crippen LogP) is 7.85. The van der Waals surface area contributed by atoms with Gasteiger partial charge in [-0.15, -0.1) is 0 Å². The Labute approximate surface area is 212 Å². The molecule has 3 atom stereocenters. The highest BCUT2D eigenvalue weighted by atomic mass is 16.5.